The summed E-state index contributed by atoms with van der Waals surface area (Å²) >= 11 is 0. The molecule has 1 saturated heterocycles. The summed E-state index contributed by atoms with van der Waals surface area (Å²) in [5.41, 5.74) is 3.64. The molecule has 1 aliphatic rings. The van der Waals surface area contributed by atoms with Gasteiger partial charge in [0.15, 0.2) is 0 Å². The lowest BCUT2D eigenvalue weighted by atomic mass is 9.97. The van der Waals surface area contributed by atoms with Crippen LogP contribution in [0.15, 0.2) is 48.5 Å². The molecule has 0 unspecified atom stereocenters. The van der Waals surface area contributed by atoms with Crippen molar-refractivity contribution in [3.05, 3.63) is 65.5 Å². The van der Waals surface area contributed by atoms with Crippen LogP contribution in [0.3, 0.4) is 0 Å². The zero-order valence-corrected chi connectivity index (χ0v) is 13.3. The lowest BCUT2D eigenvalue weighted by Crippen LogP contribution is -2.20. The number of fused-ring (bicyclic) bond motifs is 1. The number of carboxylic acids is 1. The van der Waals surface area contributed by atoms with E-state index in [1.807, 2.05) is 36.4 Å². The highest BCUT2D eigenvalue weighted by Gasteiger charge is 2.24. The molecular weight excluding hydrogens is 302 g/mol. The van der Waals surface area contributed by atoms with Crippen LogP contribution in [0.1, 0.15) is 34.1 Å². The van der Waals surface area contributed by atoms with Gasteiger partial charge in [-0.15, -0.1) is 0 Å². The largest absolute Gasteiger partial charge is 0.478 e. The summed E-state index contributed by atoms with van der Waals surface area (Å²) < 4.78 is 0. The molecule has 5 heteroatoms. The third-order valence-electron chi connectivity index (χ3n) is 4.71. The summed E-state index contributed by atoms with van der Waals surface area (Å²) in [6, 6.07) is 15.3. The average Bonchev–Trinajstić information content (AvgIpc) is 3.21. The number of rotatable bonds is 4. The van der Waals surface area contributed by atoms with Gasteiger partial charge in [-0.2, -0.15) is 0 Å². The minimum Gasteiger partial charge on any atom is -0.478 e. The Bertz CT molecular complexity index is 837. The van der Waals surface area contributed by atoms with E-state index in [0.717, 1.165) is 42.9 Å². The number of imidazole rings is 1. The van der Waals surface area contributed by atoms with E-state index >= 15 is 0 Å². The Morgan fingerprint density at radius 3 is 2.75 bits per heavy atom. The highest BCUT2D eigenvalue weighted by atomic mass is 16.4. The number of aromatic amines is 1. The van der Waals surface area contributed by atoms with E-state index in [1.165, 1.54) is 5.56 Å². The molecule has 0 radical (unpaired) electrons. The van der Waals surface area contributed by atoms with E-state index in [4.69, 9.17) is 5.11 Å². The van der Waals surface area contributed by atoms with Crippen LogP contribution in [0.25, 0.3) is 11.0 Å². The number of aromatic nitrogens is 2. The Balaban J connectivity index is 1.43. The smallest absolute Gasteiger partial charge is 0.335 e. The first-order valence-corrected chi connectivity index (χ1v) is 8.18. The number of carboxylic acid groups (broad SMARTS) is 1. The Morgan fingerprint density at radius 2 is 2.00 bits per heavy atom. The second kappa shape index (κ2) is 6.09. The highest BCUT2D eigenvalue weighted by Crippen LogP contribution is 2.28. The van der Waals surface area contributed by atoms with Gasteiger partial charge < -0.3 is 10.1 Å². The van der Waals surface area contributed by atoms with Gasteiger partial charge in [-0.05, 0) is 48.7 Å². The number of likely N-dealkylation sites (tertiary alicyclic amines) is 1. The summed E-state index contributed by atoms with van der Waals surface area (Å²) in [5.74, 6) is 0.579. The summed E-state index contributed by atoms with van der Waals surface area (Å²) in [6.45, 7) is 2.82. The number of hydrogen-bond acceptors (Lipinski definition) is 3. The molecule has 0 aliphatic carbocycles. The van der Waals surface area contributed by atoms with Gasteiger partial charge in [0, 0.05) is 6.54 Å². The number of carbonyl (C=O) groups is 1. The van der Waals surface area contributed by atoms with Crippen LogP contribution in [0.2, 0.25) is 0 Å². The van der Waals surface area contributed by atoms with Crippen molar-refractivity contribution in [1.82, 2.24) is 14.9 Å². The van der Waals surface area contributed by atoms with Crippen molar-refractivity contribution in [2.75, 3.05) is 13.1 Å². The van der Waals surface area contributed by atoms with Crippen LogP contribution < -0.4 is 0 Å². The van der Waals surface area contributed by atoms with Gasteiger partial charge in [-0.25, -0.2) is 9.78 Å². The standard InChI is InChI=1S/C19H19N3O2/c23-19(24)14-7-5-13(6-8-14)15-9-10-22(11-15)12-18-20-16-3-1-2-4-17(16)21-18/h1-8,15H,9-12H2,(H,20,21)(H,23,24)/t15-/m1/s1. The summed E-state index contributed by atoms with van der Waals surface area (Å²) in [6.07, 6.45) is 1.09. The second-order valence-corrected chi connectivity index (χ2v) is 6.35. The van der Waals surface area contributed by atoms with Gasteiger partial charge in [0.2, 0.25) is 0 Å². The fraction of sp³-hybridized carbons (Fsp3) is 0.263. The van der Waals surface area contributed by atoms with Crippen molar-refractivity contribution in [3.63, 3.8) is 0 Å². The number of nitrogens with zero attached hydrogens (tertiary/aromatic N) is 2. The van der Waals surface area contributed by atoms with Gasteiger partial charge in [0.25, 0.3) is 0 Å². The molecule has 2 heterocycles. The predicted molar refractivity (Wildman–Crippen MR) is 92.1 cm³/mol. The number of para-hydroxylation sites is 2. The van der Waals surface area contributed by atoms with E-state index in [0.29, 0.717) is 11.5 Å². The van der Waals surface area contributed by atoms with Crippen LogP contribution in [0.5, 0.6) is 0 Å². The zero-order valence-electron chi connectivity index (χ0n) is 13.3. The Kier molecular flexibility index (Phi) is 3.78. The van der Waals surface area contributed by atoms with E-state index in [2.05, 4.69) is 14.9 Å². The third-order valence-corrected chi connectivity index (χ3v) is 4.71. The van der Waals surface area contributed by atoms with Crippen molar-refractivity contribution in [1.29, 1.82) is 0 Å². The summed E-state index contributed by atoms with van der Waals surface area (Å²) in [5, 5.41) is 8.99. The van der Waals surface area contributed by atoms with E-state index in [1.54, 1.807) is 12.1 Å². The Morgan fingerprint density at radius 1 is 1.21 bits per heavy atom. The first-order valence-electron chi connectivity index (χ1n) is 8.18. The average molecular weight is 321 g/mol. The second-order valence-electron chi connectivity index (χ2n) is 6.35. The van der Waals surface area contributed by atoms with Gasteiger partial charge in [-0.3, -0.25) is 4.90 Å². The van der Waals surface area contributed by atoms with Crippen molar-refractivity contribution in [3.8, 4) is 0 Å². The van der Waals surface area contributed by atoms with E-state index < -0.39 is 5.97 Å². The maximum absolute atomic E-state index is 10.9. The molecule has 2 N–H and O–H groups in total. The SMILES string of the molecule is O=C(O)c1ccc([C@@H]2CCN(Cc3nc4ccccc4[nH]3)C2)cc1. The number of nitrogens with one attached hydrogen (secondary N) is 1. The maximum Gasteiger partial charge on any atom is 0.335 e. The molecule has 5 nitrogen and oxygen atoms in total. The van der Waals surface area contributed by atoms with Crippen molar-refractivity contribution < 1.29 is 9.90 Å². The fourth-order valence-corrected chi connectivity index (χ4v) is 3.44. The Hall–Kier alpha value is -2.66. The predicted octanol–water partition coefficient (Wildman–Crippen LogP) is 3.25. The number of H-pyrrole nitrogens is 1. The molecule has 3 aromatic rings. The quantitative estimate of drug-likeness (QED) is 0.774. The van der Waals surface area contributed by atoms with E-state index in [-0.39, 0.29) is 0 Å². The topological polar surface area (TPSA) is 69.2 Å². The third kappa shape index (κ3) is 2.90. The molecule has 1 atom stereocenters. The summed E-state index contributed by atoms with van der Waals surface area (Å²) in [7, 11) is 0. The number of aromatic carboxylic acids is 1. The molecule has 122 valence electrons. The molecule has 2 aromatic carbocycles. The summed E-state index contributed by atoms with van der Waals surface area (Å²) in [4.78, 5) is 21.4. The van der Waals surface area contributed by atoms with Crippen molar-refractivity contribution in [2.45, 2.75) is 18.9 Å². The molecule has 1 fully saturated rings. The van der Waals surface area contributed by atoms with Gasteiger partial charge in [0.1, 0.15) is 5.82 Å². The minimum absolute atomic E-state index is 0.343. The maximum atomic E-state index is 10.9. The first-order chi connectivity index (χ1) is 11.7. The highest BCUT2D eigenvalue weighted by molar-refractivity contribution is 5.87. The van der Waals surface area contributed by atoms with Crippen LogP contribution >= 0.6 is 0 Å². The molecule has 1 aromatic heterocycles. The van der Waals surface area contributed by atoms with E-state index in [9.17, 15) is 4.79 Å². The molecule has 4 rings (SSSR count). The molecule has 0 spiro atoms. The van der Waals surface area contributed by atoms with Gasteiger partial charge >= 0.3 is 5.97 Å². The normalized spacial score (nSPS) is 18.2. The van der Waals surface area contributed by atoms with Crippen molar-refractivity contribution >= 4 is 17.0 Å². The van der Waals surface area contributed by atoms with Crippen LogP contribution in [0, 0.1) is 0 Å². The molecule has 0 saturated carbocycles. The molecule has 0 bridgehead atoms. The lowest BCUT2D eigenvalue weighted by Gasteiger charge is -2.14. The fourth-order valence-electron chi connectivity index (χ4n) is 3.44. The van der Waals surface area contributed by atoms with Crippen LogP contribution in [0.4, 0.5) is 0 Å². The molecule has 0 amide bonds. The Labute approximate surface area is 139 Å². The molecule has 24 heavy (non-hydrogen) atoms. The van der Waals surface area contributed by atoms with Crippen molar-refractivity contribution in [2.24, 2.45) is 0 Å². The monoisotopic (exact) mass is 321 g/mol. The molecular formula is C19H19N3O2. The number of benzene rings is 2. The lowest BCUT2D eigenvalue weighted by molar-refractivity contribution is 0.0697. The van der Waals surface area contributed by atoms with Crippen LogP contribution in [-0.2, 0) is 6.54 Å². The zero-order chi connectivity index (χ0) is 16.5. The number of hydrogen-bond donors (Lipinski definition) is 2. The first kappa shape index (κ1) is 14.9. The van der Waals surface area contributed by atoms with Gasteiger partial charge in [-0.1, -0.05) is 24.3 Å². The minimum atomic E-state index is -0.875. The van der Waals surface area contributed by atoms with Crippen LogP contribution in [-0.4, -0.2) is 39.0 Å². The molecule has 1 aliphatic heterocycles. The van der Waals surface area contributed by atoms with Gasteiger partial charge in [0.05, 0.1) is 23.1 Å².